The molecule has 0 saturated carbocycles. The maximum Gasteiger partial charge on any atom is 0.233 e. The Bertz CT molecular complexity index is 996. The summed E-state index contributed by atoms with van der Waals surface area (Å²) in [6.45, 7) is 0. The van der Waals surface area contributed by atoms with Crippen molar-refractivity contribution in [2.24, 2.45) is 4.99 Å². The van der Waals surface area contributed by atoms with Crippen LogP contribution >= 0.6 is 0 Å². The highest BCUT2D eigenvalue weighted by atomic mass is 16.2. The topological polar surface area (TPSA) is 44.7 Å². The summed E-state index contributed by atoms with van der Waals surface area (Å²) in [5, 5.41) is 3.44. The number of anilines is 2. The summed E-state index contributed by atoms with van der Waals surface area (Å²) in [5.74, 6) is 0.829. The molecular weight excluding hydrogens is 346 g/mol. The molecule has 0 spiro atoms. The molecule has 0 aromatic heterocycles. The normalized spacial score (nSPS) is 14.6. The third-order valence-electron chi connectivity index (χ3n) is 4.56. The number of carbonyl (C=O) groups is 1. The lowest BCUT2D eigenvalue weighted by Gasteiger charge is -2.32. The second kappa shape index (κ2) is 8.35. The van der Waals surface area contributed by atoms with Crippen LogP contribution in [0.3, 0.4) is 0 Å². The van der Waals surface area contributed by atoms with Crippen LogP contribution < -0.4 is 10.2 Å². The Morgan fingerprint density at radius 1 is 0.786 bits per heavy atom. The highest BCUT2D eigenvalue weighted by molar-refractivity contribution is 6.02. The Morgan fingerprint density at radius 3 is 2.07 bits per heavy atom. The lowest BCUT2D eigenvalue weighted by Crippen LogP contribution is -2.38. The smallest absolute Gasteiger partial charge is 0.233 e. The van der Waals surface area contributed by atoms with Crippen LogP contribution in [0.4, 0.5) is 17.1 Å². The molecule has 1 aliphatic rings. The monoisotopic (exact) mass is 367 g/mol. The largest absolute Gasteiger partial charge is 0.341 e. The van der Waals surface area contributed by atoms with E-state index >= 15 is 0 Å². The minimum absolute atomic E-state index is 0.0708. The predicted molar refractivity (Wildman–Crippen MR) is 115 cm³/mol. The first-order valence-electron chi connectivity index (χ1n) is 9.33. The van der Waals surface area contributed by atoms with Gasteiger partial charge in [-0.25, -0.2) is 0 Å². The SMILES string of the molecule is O=C1CCC(C=Nc2ccccc2)=C(Nc2ccccc2)N1c1ccccc1. The molecule has 0 atom stereocenters. The summed E-state index contributed by atoms with van der Waals surface area (Å²) in [6, 6.07) is 29.4. The molecule has 0 saturated heterocycles. The average molecular weight is 367 g/mol. The zero-order chi connectivity index (χ0) is 19.2. The molecule has 0 unspecified atom stereocenters. The number of hydrogen-bond acceptors (Lipinski definition) is 3. The van der Waals surface area contributed by atoms with Gasteiger partial charge in [-0.2, -0.15) is 0 Å². The van der Waals surface area contributed by atoms with E-state index in [-0.39, 0.29) is 5.91 Å². The number of nitrogens with one attached hydrogen (secondary N) is 1. The van der Waals surface area contributed by atoms with Crippen molar-refractivity contribution in [2.45, 2.75) is 12.8 Å². The fraction of sp³-hybridized carbons (Fsp3) is 0.0833. The molecule has 4 rings (SSSR count). The molecule has 0 fully saturated rings. The molecule has 3 aromatic carbocycles. The van der Waals surface area contributed by atoms with Crippen molar-refractivity contribution in [3.05, 3.63) is 102 Å². The van der Waals surface area contributed by atoms with Crippen LogP contribution in [0, 0.1) is 0 Å². The zero-order valence-corrected chi connectivity index (χ0v) is 15.5. The number of amides is 1. The van der Waals surface area contributed by atoms with E-state index in [1.165, 1.54) is 0 Å². The Hall–Kier alpha value is -3.66. The number of benzene rings is 3. The van der Waals surface area contributed by atoms with Gasteiger partial charge in [-0.05, 0) is 42.8 Å². The molecule has 1 amide bonds. The molecule has 4 heteroatoms. The van der Waals surface area contributed by atoms with Crippen molar-refractivity contribution in [1.29, 1.82) is 0 Å². The molecule has 28 heavy (non-hydrogen) atoms. The van der Waals surface area contributed by atoms with Crippen LogP contribution in [0.5, 0.6) is 0 Å². The molecule has 0 aliphatic carbocycles. The lowest BCUT2D eigenvalue weighted by atomic mass is 10.0. The number of para-hydroxylation sites is 3. The van der Waals surface area contributed by atoms with E-state index in [0.717, 1.165) is 28.5 Å². The highest BCUT2D eigenvalue weighted by Crippen LogP contribution is 2.29. The van der Waals surface area contributed by atoms with E-state index in [9.17, 15) is 4.79 Å². The van der Waals surface area contributed by atoms with Crippen LogP contribution in [0.15, 0.2) is 107 Å². The molecule has 0 radical (unpaired) electrons. The molecule has 3 aromatic rings. The first-order chi connectivity index (χ1) is 13.8. The minimum Gasteiger partial charge on any atom is -0.341 e. The fourth-order valence-corrected chi connectivity index (χ4v) is 3.18. The van der Waals surface area contributed by atoms with E-state index in [2.05, 4.69) is 10.3 Å². The molecule has 0 bridgehead atoms. The van der Waals surface area contributed by atoms with Crippen LogP contribution in [-0.4, -0.2) is 12.1 Å². The van der Waals surface area contributed by atoms with Gasteiger partial charge in [0.05, 0.1) is 11.4 Å². The standard InChI is InChI=1S/C24H21N3O/c28-23-17-16-19(18-25-20-10-4-1-5-11-20)24(26-21-12-6-2-7-13-21)27(23)22-14-8-3-9-15-22/h1-15,18,26H,16-17H2. The van der Waals surface area contributed by atoms with Gasteiger partial charge in [0, 0.05) is 23.9 Å². The van der Waals surface area contributed by atoms with Gasteiger partial charge in [0.25, 0.3) is 0 Å². The number of aliphatic imine (C=N–C) groups is 1. The van der Waals surface area contributed by atoms with Crippen molar-refractivity contribution in [2.75, 3.05) is 10.2 Å². The third kappa shape index (κ3) is 4.01. The molecular formula is C24H21N3O. The lowest BCUT2D eigenvalue weighted by molar-refractivity contribution is -0.118. The summed E-state index contributed by atoms with van der Waals surface area (Å²) < 4.78 is 0. The summed E-state index contributed by atoms with van der Waals surface area (Å²) in [6.07, 6.45) is 2.96. The van der Waals surface area contributed by atoms with Crippen molar-refractivity contribution < 1.29 is 4.79 Å². The number of rotatable bonds is 5. The number of nitrogens with zero attached hydrogens (tertiary/aromatic N) is 2. The van der Waals surface area contributed by atoms with Crippen LogP contribution in [0.2, 0.25) is 0 Å². The molecule has 1 N–H and O–H groups in total. The average Bonchev–Trinajstić information content (AvgIpc) is 2.75. The Morgan fingerprint density at radius 2 is 1.39 bits per heavy atom. The van der Waals surface area contributed by atoms with E-state index in [4.69, 9.17) is 0 Å². The van der Waals surface area contributed by atoms with Crippen LogP contribution in [0.1, 0.15) is 12.8 Å². The second-order valence-corrected chi connectivity index (χ2v) is 6.52. The highest BCUT2D eigenvalue weighted by Gasteiger charge is 2.27. The summed E-state index contributed by atoms with van der Waals surface area (Å²) >= 11 is 0. The van der Waals surface area contributed by atoms with Gasteiger partial charge in [-0.1, -0.05) is 54.6 Å². The Labute approximate surface area is 164 Å². The number of hydrogen-bond donors (Lipinski definition) is 1. The van der Waals surface area contributed by atoms with Crippen molar-refractivity contribution >= 4 is 29.2 Å². The van der Waals surface area contributed by atoms with Gasteiger partial charge in [0.15, 0.2) is 0 Å². The second-order valence-electron chi connectivity index (χ2n) is 6.52. The number of allylic oxidation sites excluding steroid dienone is 1. The molecule has 1 heterocycles. The van der Waals surface area contributed by atoms with Gasteiger partial charge >= 0.3 is 0 Å². The van der Waals surface area contributed by atoms with Crippen molar-refractivity contribution in [3.63, 3.8) is 0 Å². The number of carbonyl (C=O) groups excluding carboxylic acids is 1. The minimum atomic E-state index is 0.0708. The van der Waals surface area contributed by atoms with E-state index in [1.807, 2.05) is 97.2 Å². The maximum atomic E-state index is 12.8. The van der Waals surface area contributed by atoms with Gasteiger partial charge in [0.1, 0.15) is 5.82 Å². The summed E-state index contributed by atoms with van der Waals surface area (Å²) in [5.41, 5.74) is 3.66. The summed E-state index contributed by atoms with van der Waals surface area (Å²) in [4.78, 5) is 19.2. The van der Waals surface area contributed by atoms with Gasteiger partial charge in [0.2, 0.25) is 5.91 Å². The van der Waals surface area contributed by atoms with Crippen LogP contribution in [0.25, 0.3) is 0 Å². The van der Waals surface area contributed by atoms with E-state index < -0.39 is 0 Å². The van der Waals surface area contributed by atoms with E-state index in [1.54, 1.807) is 4.90 Å². The first kappa shape index (κ1) is 17.7. The van der Waals surface area contributed by atoms with Crippen LogP contribution in [-0.2, 0) is 4.79 Å². The first-order valence-corrected chi connectivity index (χ1v) is 9.33. The Kier molecular flexibility index (Phi) is 5.29. The van der Waals surface area contributed by atoms with Crippen molar-refractivity contribution in [1.82, 2.24) is 0 Å². The molecule has 138 valence electrons. The predicted octanol–water partition coefficient (Wildman–Crippen LogP) is 5.54. The van der Waals surface area contributed by atoms with Gasteiger partial charge in [-0.3, -0.25) is 14.7 Å². The van der Waals surface area contributed by atoms with Crippen molar-refractivity contribution in [3.8, 4) is 0 Å². The maximum absolute atomic E-state index is 12.8. The van der Waals surface area contributed by atoms with Gasteiger partial charge in [-0.15, -0.1) is 0 Å². The quantitative estimate of drug-likeness (QED) is 0.602. The zero-order valence-electron chi connectivity index (χ0n) is 15.5. The summed E-state index contributed by atoms with van der Waals surface area (Å²) in [7, 11) is 0. The third-order valence-corrected chi connectivity index (χ3v) is 4.56. The van der Waals surface area contributed by atoms with E-state index in [0.29, 0.717) is 12.8 Å². The molecule has 4 nitrogen and oxygen atoms in total. The molecule has 1 aliphatic heterocycles. The van der Waals surface area contributed by atoms with Gasteiger partial charge < -0.3 is 5.32 Å². The Balaban J connectivity index is 1.77. The fourth-order valence-electron chi connectivity index (χ4n) is 3.18.